The van der Waals surface area contributed by atoms with E-state index in [1.165, 1.54) is 17.5 Å². The Morgan fingerprint density at radius 1 is 1.42 bits per heavy atom. The van der Waals surface area contributed by atoms with Crippen molar-refractivity contribution in [1.82, 2.24) is 10.2 Å². The molecule has 0 spiro atoms. The molecule has 1 fully saturated rings. The highest BCUT2D eigenvalue weighted by Crippen LogP contribution is 2.34. The summed E-state index contributed by atoms with van der Waals surface area (Å²) in [7, 11) is 0. The largest absolute Gasteiger partial charge is 0.337 e. The zero-order chi connectivity index (χ0) is 13.2. The number of likely N-dealkylation sites (tertiary alicyclic amines) is 1. The van der Waals surface area contributed by atoms with E-state index in [0.29, 0.717) is 11.8 Å². The molecule has 102 valence electrons. The van der Waals surface area contributed by atoms with Crippen LogP contribution in [0.3, 0.4) is 0 Å². The van der Waals surface area contributed by atoms with Crippen LogP contribution >= 0.6 is 0 Å². The van der Waals surface area contributed by atoms with Crippen LogP contribution in [-0.4, -0.2) is 30.6 Å². The Morgan fingerprint density at radius 3 is 3.05 bits per heavy atom. The van der Waals surface area contributed by atoms with E-state index in [1.807, 2.05) is 4.90 Å². The summed E-state index contributed by atoms with van der Waals surface area (Å²) in [6.45, 7) is 4.83. The summed E-state index contributed by atoms with van der Waals surface area (Å²) < 4.78 is 0. The van der Waals surface area contributed by atoms with Crippen molar-refractivity contribution in [3.63, 3.8) is 0 Å². The number of carbonyl (C=O) groups excluding carboxylic acids is 1. The number of benzene rings is 1. The number of amides is 2. The van der Waals surface area contributed by atoms with Gasteiger partial charge in [-0.05, 0) is 36.3 Å². The average molecular weight is 258 g/mol. The fourth-order valence-electron chi connectivity index (χ4n) is 3.24. The third-order valence-electron chi connectivity index (χ3n) is 4.41. The zero-order valence-electron chi connectivity index (χ0n) is 11.6. The molecule has 0 saturated carbocycles. The molecule has 2 amide bonds. The van der Waals surface area contributed by atoms with Gasteiger partial charge in [0.2, 0.25) is 0 Å². The molecule has 3 heteroatoms. The number of hydrogen-bond acceptors (Lipinski definition) is 1. The minimum Gasteiger partial charge on any atom is -0.337 e. The molecule has 1 aromatic rings. The molecule has 2 atom stereocenters. The molecule has 0 radical (unpaired) electrons. The smallest absolute Gasteiger partial charge is 0.317 e. The maximum absolute atomic E-state index is 12.1. The molecule has 1 heterocycles. The molecule has 1 aromatic carbocycles. The van der Waals surface area contributed by atoms with Gasteiger partial charge in [0.05, 0.1) is 0 Å². The Hall–Kier alpha value is -1.51. The first-order valence-electron chi connectivity index (χ1n) is 7.34. The van der Waals surface area contributed by atoms with Gasteiger partial charge in [0, 0.05) is 25.6 Å². The number of nitrogens with zero attached hydrogens (tertiary/aromatic N) is 1. The fraction of sp³-hybridized carbons (Fsp3) is 0.562. The van der Waals surface area contributed by atoms with Crippen LogP contribution in [0, 0.1) is 5.92 Å². The van der Waals surface area contributed by atoms with Gasteiger partial charge in [-0.25, -0.2) is 4.79 Å². The van der Waals surface area contributed by atoms with Crippen LogP contribution in [0.4, 0.5) is 4.79 Å². The van der Waals surface area contributed by atoms with Crippen molar-refractivity contribution in [1.29, 1.82) is 0 Å². The number of piperidine rings is 1. The number of urea groups is 1. The first kappa shape index (κ1) is 12.5. The Bertz CT molecular complexity index is 472. The highest BCUT2D eigenvalue weighted by atomic mass is 16.2. The van der Waals surface area contributed by atoms with Crippen LogP contribution in [0.25, 0.3) is 0 Å². The Balaban J connectivity index is 1.49. The third kappa shape index (κ3) is 2.60. The van der Waals surface area contributed by atoms with E-state index < -0.39 is 0 Å². The standard InChI is InChI=1S/C16H22N2O/c1-12-5-4-8-18(11-12)16(19)17-10-14-9-13-6-2-3-7-15(13)14/h2-3,6-7,12,14H,4-5,8-11H2,1H3,(H,17,19). The van der Waals surface area contributed by atoms with E-state index in [-0.39, 0.29) is 6.03 Å². The van der Waals surface area contributed by atoms with Gasteiger partial charge in [-0.3, -0.25) is 0 Å². The lowest BCUT2D eigenvalue weighted by Gasteiger charge is -2.33. The van der Waals surface area contributed by atoms with Gasteiger partial charge in [-0.1, -0.05) is 31.2 Å². The number of fused-ring (bicyclic) bond motifs is 1. The van der Waals surface area contributed by atoms with E-state index in [1.54, 1.807) is 0 Å². The summed E-state index contributed by atoms with van der Waals surface area (Å²) >= 11 is 0. The summed E-state index contributed by atoms with van der Waals surface area (Å²) in [5.74, 6) is 1.16. The Kier molecular flexibility index (Phi) is 3.45. The van der Waals surface area contributed by atoms with Gasteiger partial charge in [0.15, 0.2) is 0 Å². The second kappa shape index (κ2) is 5.24. The predicted molar refractivity (Wildman–Crippen MR) is 76.3 cm³/mol. The maximum Gasteiger partial charge on any atom is 0.317 e. The average Bonchev–Trinajstić information content (AvgIpc) is 2.39. The highest BCUT2D eigenvalue weighted by Gasteiger charge is 2.27. The van der Waals surface area contributed by atoms with Crippen LogP contribution in [0.2, 0.25) is 0 Å². The van der Waals surface area contributed by atoms with Crippen molar-refractivity contribution in [2.45, 2.75) is 32.1 Å². The molecular formula is C16H22N2O. The Labute approximate surface area is 115 Å². The summed E-state index contributed by atoms with van der Waals surface area (Å²) in [4.78, 5) is 14.1. The molecule has 0 aromatic heterocycles. The van der Waals surface area contributed by atoms with Gasteiger partial charge in [-0.15, -0.1) is 0 Å². The van der Waals surface area contributed by atoms with Crippen molar-refractivity contribution in [3.05, 3.63) is 35.4 Å². The van der Waals surface area contributed by atoms with E-state index in [4.69, 9.17) is 0 Å². The van der Waals surface area contributed by atoms with Crippen molar-refractivity contribution < 1.29 is 4.79 Å². The van der Waals surface area contributed by atoms with Crippen LogP contribution < -0.4 is 5.32 Å². The van der Waals surface area contributed by atoms with E-state index in [9.17, 15) is 4.79 Å². The minimum absolute atomic E-state index is 0.121. The number of hydrogen-bond donors (Lipinski definition) is 1. The monoisotopic (exact) mass is 258 g/mol. The maximum atomic E-state index is 12.1. The number of carbonyl (C=O) groups is 1. The fourth-order valence-corrected chi connectivity index (χ4v) is 3.24. The molecule has 1 saturated heterocycles. The lowest BCUT2D eigenvalue weighted by atomic mass is 9.78. The molecule has 2 unspecified atom stereocenters. The summed E-state index contributed by atoms with van der Waals surface area (Å²) in [5.41, 5.74) is 2.85. The summed E-state index contributed by atoms with van der Waals surface area (Å²) in [6, 6.07) is 8.65. The number of nitrogens with one attached hydrogen (secondary N) is 1. The SMILES string of the molecule is CC1CCCN(C(=O)NCC2Cc3ccccc32)C1. The van der Waals surface area contributed by atoms with Gasteiger partial charge in [-0.2, -0.15) is 0 Å². The van der Waals surface area contributed by atoms with Crippen molar-refractivity contribution in [2.24, 2.45) is 5.92 Å². The third-order valence-corrected chi connectivity index (χ3v) is 4.41. The predicted octanol–water partition coefficient (Wildman–Crippen LogP) is 2.77. The summed E-state index contributed by atoms with van der Waals surface area (Å²) in [5, 5.41) is 3.10. The summed E-state index contributed by atoms with van der Waals surface area (Å²) in [6.07, 6.45) is 3.49. The molecule has 2 aliphatic rings. The normalized spacial score (nSPS) is 25.4. The molecular weight excluding hydrogens is 236 g/mol. The van der Waals surface area contributed by atoms with E-state index in [2.05, 4.69) is 36.5 Å². The van der Waals surface area contributed by atoms with Gasteiger partial charge in [0.25, 0.3) is 0 Å². The minimum atomic E-state index is 0.121. The quantitative estimate of drug-likeness (QED) is 0.869. The molecule has 19 heavy (non-hydrogen) atoms. The van der Waals surface area contributed by atoms with Crippen molar-refractivity contribution >= 4 is 6.03 Å². The lowest BCUT2D eigenvalue weighted by Crippen LogP contribution is -2.46. The first-order chi connectivity index (χ1) is 9.24. The molecule has 3 rings (SSSR count). The molecule has 1 aliphatic carbocycles. The zero-order valence-corrected chi connectivity index (χ0v) is 11.6. The lowest BCUT2D eigenvalue weighted by molar-refractivity contribution is 0.169. The van der Waals surface area contributed by atoms with Crippen molar-refractivity contribution in [2.75, 3.05) is 19.6 Å². The van der Waals surface area contributed by atoms with E-state index >= 15 is 0 Å². The molecule has 3 nitrogen and oxygen atoms in total. The molecule has 0 bridgehead atoms. The molecule has 1 aliphatic heterocycles. The van der Waals surface area contributed by atoms with Crippen LogP contribution in [0.5, 0.6) is 0 Å². The van der Waals surface area contributed by atoms with Gasteiger partial charge >= 0.3 is 6.03 Å². The van der Waals surface area contributed by atoms with Crippen molar-refractivity contribution in [3.8, 4) is 0 Å². The van der Waals surface area contributed by atoms with Gasteiger partial charge in [0.1, 0.15) is 0 Å². The van der Waals surface area contributed by atoms with Gasteiger partial charge < -0.3 is 10.2 Å². The van der Waals surface area contributed by atoms with E-state index in [0.717, 1.165) is 32.5 Å². The highest BCUT2D eigenvalue weighted by molar-refractivity contribution is 5.74. The topological polar surface area (TPSA) is 32.3 Å². The van der Waals surface area contributed by atoms with Crippen LogP contribution in [0.15, 0.2) is 24.3 Å². The molecule has 1 N–H and O–H groups in total. The first-order valence-corrected chi connectivity index (χ1v) is 7.34. The van der Waals surface area contributed by atoms with Crippen LogP contribution in [0.1, 0.15) is 36.8 Å². The Morgan fingerprint density at radius 2 is 2.26 bits per heavy atom. The number of rotatable bonds is 2. The van der Waals surface area contributed by atoms with Crippen LogP contribution in [-0.2, 0) is 6.42 Å². The second-order valence-electron chi connectivity index (χ2n) is 5.98. The second-order valence-corrected chi connectivity index (χ2v) is 5.98.